The maximum atomic E-state index is 12.8. The number of carbonyl (C=O) groups excluding carboxylic acids is 1. The van der Waals surface area contributed by atoms with Crippen molar-refractivity contribution in [3.63, 3.8) is 0 Å². The molecule has 1 amide bonds. The molecule has 0 bridgehead atoms. The maximum Gasteiger partial charge on any atom is 0.376 e. The first-order valence-electron chi connectivity index (χ1n) is 12.6. The Morgan fingerprint density at radius 3 is 2.66 bits per heavy atom. The summed E-state index contributed by atoms with van der Waals surface area (Å²) >= 11 is 6.67. The third-order valence-electron chi connectivity index (χ3n) is 5.87. The monoisotopic (exact) mass is 555 g/mol. The fourth-order valence-corrected chi connectivity index (χ4v) is 5.38. The number of amides is 1. The molecule has 9 nitrogen and oxygen atoms in total. The highest BCUT2D eigenvalue weighted by Gasteiger charge is 2.21. The molecule has 0 spiro atoms. The van der Waals surface area contributed by atoms with Crippen LogP contribution in [0.3, 0.4) is 0 Å². The van der Waals surface area contributed by atoms with Crippen LogP contribution in [0.25, 0.3) is 22.3 Å². The van der Waals surface area contributed by atoms with Crippen LogP contribution < -0.4 is 9.84 Å². The zero-order chi connectivity index (χ0) is 27.3. The van der Waals surface area contributed by atoms with Gasteiger partial charge in [0.15, 0.2) is 11.5 Å². The average Bonchev–Trinajstić information content (AvgIpc) is 3.20. The molecule has 1 atom stereocenters. The molecule has 0 radical (unpaired) electrons. The number of fused-ring (bicyclic) bond motifs is 1. The molecule has 38 heavy (non-hydrogen) atoms. The summed E-state index contributed by atoms with van der Waals surface area (Å²) in [5.41, 5.74) is 2.25. The lowest BCUT2D eigenvalue weighted by molar-refractivity contribution is 0.102. The van der Waals surface area contributed by atoms with E-state index in [-0.39, 0.29) is 12.1 Å². The van der Waals surface area contributed by atoms with Crippen LogP contribution in [-0.2, 0) is 11.1 Å². The Balaban J connectivity index is 1.68. The van der Waals surface area contributed by atoms with E-state index in [1.807, 2.05) is 6.92 Å². The summed E-state index contributed by atoms with van der Waals surface area (Å²) in [6.07, 6.45) is 5.64. The van der Waals surface area contributed by atoms with Gasteiger partial charge < -0.3 is 14.7 Å². The summed E-state index contributed by atoms with van der Waals surface area (Å²) in [4.78, 5) is 31.6. The van der Waals surface area contributed by atoms with Crippen LogP contribution in [0, 0.1) is 5.92 Å². The minimum absolute atomic E-state index is 0.0826. The minimum atomic E-state index is -3.69. The van der Waals surface area contributed by atoms with Crippen LogP contribution in [0.2, 0.25) is 5.02 Å². The van der Waals surface area contributed by atoms with E-state index in [9.17, 15) is 14.3 Å². The Labute approximate surface area is 226 Å². The first kappa shape index (κ1) is 27.8. The van der Waals surface area contributed by atoms with Crippen molar-refractivity contribution < 1.29 is 18.8 Å². The number of aryl methyl sites for hydroxylation is 1. The lowest BCUT2D eigenvalue weighted by Crippen LogP contribution is -2.13. The molecule has 0 saturated carbocycles. The summed E-state index contributed by atoms with van der Waals surface area (Å²) in [5.74, 6) is 0.890. The van der Waals surface area contributed by atoms with E-state index < -0.39 is 7.60 Å². The Morgan fingerprint density at radius 2 is 2.00 bits per heavy atom. The summed E-state index contributed by atoms with van der Waals surface area (Å²) in [6, 6.07) is 11.8. The zero-order valence-electron chi connectivity index (χ0n) is 21.6. The van der Waals surface area contributed by atoms with E-state index in [0.717, 1.165) is 12.8 Å². The van der Waals surface area contributed by atoms with Gasteiger partial charge in [-0.25, -0.2) is 14.2 Å². The highest BCUT2D eigenvalue weighted by atomic mass is 35.5. The predicted molar refractivity (Wildman–Crippen MR) is 150 cm³/mol. The fraction of sp³-hybridized carbons (Fsp3) is 0.333. The molecule has 1 unspecified atom stereocenters. The van der Waals surface area contributed by atoms with Crippen LogP contribution in [-0.4, -0.2) is 36.7 Å². The van der Waals surface area contributed by atoms with Gasteiger partial charge in [-0.05, 0) is 67.6 Å². The molecule has 11 heteroatoms. The molecule has 0 aliphatic carbocycles. The summed E-state index contributed by atoms with van der Waals surface area (Å²) in [7, 11) is -3.69. The molecule has 0 aliphatic rings. The molecule has 1 aromatic carbocycles. The highest BCUT2D eigenvalue weighted by molar-refractivity contribution is 7.53. The molecule has 0 fully saturated rings. The molecule has 0 aliphatic heterocycles. The van der Waals surface area contributed by atoms with Crippen molar-refractivity contribution in [3.05, 3.63) is 65.4 Å². The molecular weight excluding hydrogens is 525 g/mol. The first-order valence-corrected chi connectivity index (χ1v) is 14.7. The standard InChI is InChI=1S/C27H31ClN5O4P/c1-4-15-38(35,36)37-21-11-9-19(10-12-21)24-23(28)16-22-25(31-27(34)20-8-5-13-29-17-20)32-33(26(22)30-24)14-6-7-18(2)3/h5,8-13,16-18H,4,6-7,14-15H2,1-3H3,(H,35,36)(H,31,32,34). The number of benzene rings is 1. The number of aromatic nitrogens is 4. The van der Waals surface area contributed by atoms with Crippen molar-refractivity contribution in [1.82, 2.24) is 19.7 Å². The summed E-state index contributed by atoms with van der Waals surface area (Å²) < 4.78 is 19.2. The number of halogens is 1. The smallest absolute Gasteiger partial charge is 0.376 e. The molecule has 3 aromatic heterocycles. The molecule has 2 N–H and O–H groups in total. The van der Waals surface area contributed by atoms with Crippen molar-refractivity contribution in [3.8, 4) is 17.0 Å². The number of nitrogens with zero attached hydrogens (tertiary/aromatic N) is 4. The third-order valence-corrected chi connectivity index (χ3v) is 7.66. The first-order chi connectivity index (χ1) is 18.2. The van der Waals surface area contributed by atoms with Crippen LogP contribution in [0.4, 0.5) is 5.82 Å². The highest BCUT2D eigenvalue weighted by Crippen LogP contribution is 2.43. The van der Waals surface area contributed by atoms with Gasteiger partial charge in [0.1, 0.15) is 5.75 Å². The lowest BCUT2D eigenvalue weighted by atomic mass is 10.1. The van der Waals surface area contributed by atoms with Gasteiger partial charge in [0.2, 0.25) is 0 Å². The van der Waals surface area contributed by atoms with Crippen LogP contribution in [0.5, 0.6) is 5.75 Å². The Morgan fingerprint density at radius 1 is 1.24 bits per heavy atom. The van der Waals surface area contributed by atoms with E-state index in [1.54, 1.807) is 53.3 Å². The van der Waals surface area contributed by atoms with E-state index in [4.69, 9.17) is 21.1 Å². The Bertz CT molecular complexity index is 1460. The molecule has 200 valence electrons. The topological polar surface area (TPSA) is 119 Å². The number of hydrogen-bond donors (Lipinski definition) is 2. The van der Waals surface area contributed by atoms with Gasteiger partial charge in [0.05, 0.1) is 27.8 Å². The second-order valence-corrected chi connectivity index (χ2v) is 11.8. The van der Waals surface area contributed by atoms with Crippen molar-refractivity contribution in [2.24, 2.45) is 5.92 Å². The SMILES string of the molecule is CCCP(=O)(O)Oc1ccc(-c2nc3c(cc2Cl)c(NC(=O)c2cccnc2)nn3CCCC(C)C)cc1. The van der Waals surface area contributed by atoms with E-state index in [0.29, 0.717) is 63.3 Å². The van der Waals surface area contributed by atoms with Crippen LogP contribution in [0.15, 0.2) is 54.9 Å². The van der Waals surface area contributed by atoms with Crippen LogP contribution >= 0.6 is 19.2 Å². The zero-order valence-corrected chi connectivity index (χ0v) is 23.2. The number of nitrogens with one attached hydrogen (secondary N) is 1. The number of hydrogen-bond acceptors (Lipinski definition) is 6. The quantitative estimate of drug-likeness (QED) is 0.195. The van der Waals surface area contributed by atoms with E-state index in [1.165, 1.54) is 6.20 Å². The van der Waals surface area contributed by atoms with Crippen molar-refractivity contribution >= 4 is 42.0 Å². The largest absolute Gasteiger partial charge is 0.424 e. The number of carbonyl (C=O) groups is 1. The van der Waals surface area contributed by atoms with Crippen molar-refractivity contribution in [1.29, 1.82) is 0 Å². The van der Waals surface area contributed by atoms with Gasteiger partial charge in [0.25, 0.3) is 5.91 Å². The number of pyridine rings is 2. The molecule has 4 rings (SSSR count). The Kier molecular flexibility index (Phi) is 8.82. The van der Waals surface area contributed by atoms with Crippen molar-refractivity contribution in [2.75, 3.05) is 11.5 Å². The fourth-order valence-electron chi connectivity index (χ4n) is 4.02. The summed E-state index contributed by atoms with van der Waals surface area (Å²) in [5, 5.41) is 8.54. The Hall–Kier alpha value is -3.26. The molecule has 3 heterocycles. The van der Waals surface area contributed by atoms with Crippen molar-refractivity contribution in [2.45, 2.75) is 46.6 Å². The van der Waals surface area contributed by atoms with Gasteiger partial charge in [-0.15, -0.1) is 0 Å². The lowest BCUT2D eigenvalue weighted by Gasteiger charge is -2.13. The third kappa shape index (κ3) is 6.78. The molecular formula is C27H31ClN5O4P. The van der Waals surface area contributed by atoms with Gasteiger partial charge in [-0.2, -0.15) is 5.10 Å². The molecule has 4 aromatic rings. The van der Waals surface area contributed by atoms with E-state index >= 15 is 0 Å². The molecule has 0 saturated heterocycles. The van der Waals surface area contributed by atoms with Gasteiger partial charge in [-0.3, -0.25) is 9.78 Å². The predicted octanol–water partition coefficient (Wildman–Crippen LogP) is 6.81. The second kappa shape index (κ2) is 12.1. The van der Waals surface area contributed by atoms with Gasteiger partial charge in [-0.1, -0.05) is 32.4 Å². The van der Waals surface area contributed by atoms with Crippen LogP contribution in [0.1, 0.15) is 50.4 Å². The van der Waals surface area contributed by atoms with Gasteiger partial charge in [0, 0.05) is 24.5 Å². The van der Waals surface area contributed by atoms with E-state index in [2.05, 4.69) is 29.2 Å². The number of rotatable bonds is 11. The maximum absolute atomic E-state index is 12.8. The van der Waals surface area contributed by atoms with Gasteiger partial charge >= 0.3 is 7.60 Å². The average molecular weight is 556 g/mol. The minimum Gasteiger partial charge on any atom is -0.424 e. The summed E-state index contributed by atoms with van der Waals surface area (Å²) in [6.45, 7) is 6.79. The second-order valence-electron chi connectivity index (χ2n) is 9.47. The normalized spacial score (nSPS) is 13.0. The number of anilines is 1.